The molecule has 1 saturated heterocycles. The minimum atomic E-state index is 0.484. The van der Waals surface area contributed by atoms with Crippen molar-refractivity contribution in [1.29, 1.82) is 0 Å². The Kier molecular flexibility index (Phi) is 4.02. The maximum atomic E-state index is 5.36. The highest BCUT2D eigenvalue weighted by atomic mass is 16.5. The van der Waals surface area contributed by atoms with Crippen molar-refractivity contribution in [1.82, 2.24) is 4.90 Å². The molecule has 0 aliphatic carbocycles. The predicted octanol–water partition coefficient (Wildman–Crippen LogP) is 1.75. The van der Waals surface area contributed by atoms with Gasteiger partial charge >= 0.3 is 0 Å². The summed E-state index contributed by atoms with van der Waals surface area (Å²) in [4.78, 5) is 2.52. The van der Waals surface area contributed by atoms with Gasteiger partial charge in [-0.15, -0.1) is 0 Å². The number of likely N-dealkylation sites (tertiary alicyclic amines) is 1. The molecule has 2 nitrogen and oxygen atoms in total. The molecule has 1 heterocycles. The Morgan fingerprint density at radius 2 is 2.25 bits per heavy atom. The molecule has 0 bridgehead atoms. The second kappa shape index (κ2) is 4.83. The van der Waals surface area contributed by atoms with E-state index < -0.39 is 0 Å². The van der Waals surface area contributed by atoms with Crippen molar-refractivity contribution < 1.29 is 4.74 Å². The van der Waals surface area contributed by atoms with Crippen LogP contribution in [0.1, 0.15) is 26.7 Å². The van der Waals surface area contributed by atoms with Crippen molar-refractivity contribution in [2.75, 3.05) is 26.7 Å². The Bertz CT molecular complexity index is 125. The molecule has 1 aliphatic heterocycles. The van der Waals surface area contributed by atoms with Crippen LogP contribution in [0.3, 0.4) is 0 Å². The van der Waals surface area contributed by atoms with Gasteiger partial charge in [-0.25, -0.2) is 0 Å². The number of piperidine rings is 1. The molecule has 1 atom stereocenters. The maximum Gasteiger partial charge on any atom is 0.0698 e. The lowest BCUT2D eigenvalue weighted by Gasteiger charge is -2.32. The van der Waals surface area contributed by atoms with Gasteiger partial charge in [-0.3, -0.25) is 0 Å². The van der Waals surface area contributed by atoms with Crippen LogP contribution in [0.15, 0.2) is 0 Å². The highest BCUT2D eigenvalue weighted by molar-refractivity contribution is 4.73. The summed E-state index contributed by atoms with van der Waals surface area (Å²) in [5.74, 6) is 0.778. The fraction of sp³-hybridized carbons (Fsp3) is 1.00. The summed E-state index contributed by atoms with van der Waals surface area (Å²) in [6.45, 7) is 8.17. The number of rotatable bonds is 3. The normalized spacial score (nSPS) is 26.5. The third-order valence-electron chi connectivity index (χ3n) is 2.42. The van der Waals surface area contributed by atoms with Crippen molar-refractivity contribution >= 4 is 0 Å². The van der Waals surface area contributed by atoms with E-state index >= 15 is 0 Å². The SMILES string of the molecule is COC1CCCN(CC(C)C)C1. The van der Waals surface area contributed by atoms with E-state index in [1.165, 1.54) is 25.9 Å². The zero-order valence-electron chi connectivity index (χ0n) is 8.55. The minimum absolute atomic E-state index is 0.484. The molecular weight excluding hydrogens is 150 g/mol. The molecule has 0 N–H and O–H groups in total. The maximum absolute atomic E-state index is 5.36. The Labute approximate surface area is 75.9 Å². The van der Waals surface area contributed by atoms with Gasteiger partial charge in [0.15, 0.2) is 0 Å². The molecule has 0 aromatic carbocycles. The third kappa shape index (κ3) is 3.11. The summed E-state index contributed by atoms with van der Waals surface area (Å²) in [5.41, 5.74) is 0. The largest absolute Gasteiger partial charge is 0.380 e. The van der Waals surface area contributed by atoms with E-state index in [1.807, 2.05) is 7.11 Å². The highest BCUT2D eigenvalue weighted by Gasteiger charge is 2.19. The molecule has 0 saturated carbocycles. The van der Waals surface area contributed by atoms with E-state index in [0.29, 0.717) is 6.10 Å². The first-order valence-electron chi connectivity index (χ1n) is 4.97. The molecule has 0 aromatic rings. The van der Waals surface area contributed by atoms with Gasteiger partial charge < -0.3 is 9.64 Å². The number of nitrogens with zero attached hydrogens (tertiary/aromatic N) is 1. The molecule has 1 rings (SSSR count). The predicted molar refractivity (Wildman–Crippen MR) is 51.3 cm³/mol. The van der Waals surface area contributed by atoms with Crippen LogP contribution >= 0.6 is 0 Å². The zero-order valence-corrected chi connectivity index (χ0v) is 8.55. The van der Waals surface area contributed by atoms with E-state index in [-0.39, 0.29) is 0 Å². The molecule has 1 unspecified atom stereocenters. The number of hydrogen-bond acceptors (Lipinski definition) is 2. The van der Waals surface area contributed by atoms with Crippen molar-refractivity contribution in [2.24, 2.45) is 5.92 Å². The first-order valence-corrected chi connectivity index (χ1v) is 4.97. The number of methoxy groups -OCH3 is 1. The molecule has 72 valence electrons. The second-order valence-corrected chi connectivity index (χ2v) is 4.15. The monoisotopic (exact) mass is 171 g/mol. The summed E-state index contributed by atoms with van der Waals surface area (Å²) in [7, 11) is 1.82. The van der Waals surface area contributed by atoms with Gasteiger partial charge in [0.1, 0.15) is 0 Å². The third-order valence-corrected chi connectivity index (χ3v) is 2.42. The Morgan fingerprint density at radius 3 is 2.83 bits per heavy atom. The summed E-state index contributed by atoms with van der Waals surface area (Å²) < 4.78 is 5.36. The lowest BCUT2D eigenvalue weighted by atomic mass is 10.1. The number of ether oxygens (including phenoxy) is 1. The van der Waals surface area contributed by atoms with Crippen LogP contribution < -0.4 is 0 Å². The second-order valence-electron chi connectivity index (χ2n) is 4.15. The molecule has 1 aliphatic rings. The summed E-state index contributed by atoms with van der Waals surface area (Å²) in [6, 6.07) is 0. The zero-order chi connectivity index (χ0) is 8.97. The molecule has 1 fully saturated rings. The Balaban J connectivity index is 2.25. The van der Waals surface area contributed by atoms with Crippen LogP contribution in [0.25, 0.3) is 0 Å². The van der Waals surface area contributed by atoms with E-state index in [9.17, 15) is 0 Å². The molecule has 0 amide bonds. The van der Waals surface area contributed by atoms with Crippen LogP contribution in [-0.4, -0.2) is 37.7 Å². The summed E-state index contributed by atoms with van der Waals surface area (Å²) in [6.07, 6.45) is 3.02. The highest BCUT2D eigenvalue weighted by Crippen LogP contribution is 2.13. The van der Waals surface area contributed by atoms with Crippen LogP contribution in [0, 0.1) is 5.92 Å². The van der Waals surface area contributed by atoms with E-state index in [0.717, 1.165) is 12.5 Å². The van der Waals surface area contributed by atoms with Crippen LogP contribution in [0.4, 0.5) is 0 Å². The van der Waals surface area contributed by atoms with Gasteiger partial charge in [-0.2, -0.15) is 0 Å². The van der Waals surface area contributed by atoms with Crippen LogP contribution in [0.2, 0.25) is 0 Å². The Morgan fingerprint density at radius 1 is 1.50 bits per heavy atom. The topological polar surface area (TPSA) is 12.5 Å². The first-order chi connectivity index (χ1) is 5.72. The standard InChI is InChI=1S/C10H21NO/c1-9(2)7-11-6-4-5-10(8-11)12-3/h9-10H,4-8H2,1-3H3. The van der Waals surface area contributed by atoms with Crippen molar-refractivity contribution in [3.8, 4) is 0 Å². The van der Waals surface area contributed by atoms with Gasteiger partial charge in [0, 0.05) is 20.2 Å². The smallest absolute Gasteiger partial charge is 0.0698 e. The fourth-order valence-electron chi connectivity index (χ4n) is 1.89. The van der Waals surface area contributed by atoms with Crippen LogP contribution in [-0.2, 0) is 4.74 Å². The van der Waals surface area contributed by atoms with Gasteiger partial charge in [0.05, 0.1) is 6.10 Å². The quantitative estimate of drug-likeness (QED) is 0.641. The van der Waals surface area contributed by atoms with Gasteiger partial charge in [-0.05, 0) is 25.3 Å². The molecule has 0 aromatic heterocycles. The van der Waals surface area contributed by atoms with Gasteiger partial charge in [0.2, 0.25) is 0 Å². The summed E-state index contributed by atoms with van der Waals surface area (Å²) in [5, 5.41) is 0. The van der Waals surface area contributed by atoms with Crippen molar-refractivity contribution in [2.45, 2.75) is 32.8 Å². The van der Waals surface area contributed by atoms with Crippen molar-refractivity contribution in [3.63, 3.8) is 0 Å². The lowest BCUT2D eigenvalue weighted by molar-refractivity contribution is 0.0276. The van der Waals surface area contributed by atoms with E-state index in [4.69, 9.17) is 4.74 Å². The van der Waals surface area contributed by atoms with Gasteiger partial charge in [0.25, 0.3) is 0 Å². The Hall–Kier alpha value is -0.0800. The van der Waals surface area contributed by atoms with Crippen molar-refractivity contribution in [3.05, 3.63) is 0 Å². The molecule has 2 heteroatoms. The van der Waals surface area contributed by atoms with Crippen LogP contribution in [0.5, 0.6) is 0 Å². The fourth-order valence-corrected chi connectivity index (χ4v) is 1.89. The average Bonchev–Trinajstić information content (AvgIpc) is 2.03. The molecule has 12 heavy (non-hydrogen) atoms. The average molecular weight is 171 g/mol. The minimum Gasteiger partial charge on any atom is -0.380 e. The number of hydrogen-bond donors (Lipinski definition) is 0. The molecule has 0 spiro atoms. The van der Waals surface area contributed by atoms with E-state index in [1.54, 1.807) is 0 Å². The van der Waals surface area contributed by atoms with Gasteiger partial charge in [-0.1, -0.05) is 13.8 Å². The molecular formula is C10H21NO. The lowest BCUT2D eigenvalue weighted by Crippen LogP contribution is -2.40. The molecule has 0 radical (unpaired) electrons. The first kappa shape index (κ1) is 10.0. The van der Waals surface area contributed by atoms with E-state index in [2.05, 4.69) is 18.7 Å². The summed E-state index contributed by atoms with van der Waals surface area (Å²) >= 11 is 0.